The zero-order chi connectivity index (χ0) is 17.6. The van der Waals surface area contributed by atoms with Gasteiger partial charge >= 0.3 is 0 Å². The smallest absolute Gasteiger partial charge is 0.206 e. The van der Waals surface area contributed by atoms with Crippen LogP contribution < -0.4 is 0 Å². The monoisotopic (exact) mass is 346 g/mol. The molecule has 0 nitrogen and oxygen atoms in total. The van der Waals surface area contributed by atoms with Crippen LogP contribution in [0.15, 0.2) is 30.3 Å². The lowest BCUT2D eigenvalue weighted by Gasteiger charge is -2.34. The first-order chi connectivity index (χ1) is 12.0. The summed E-state index contributed by atoms with van der Waals surface area (Å²) in [4.78, 5) is 0. The van der Waals surface area contributed by atoms with Crippen LogP contribution in [0.4, 0.5) is 13.2 Å². The molecule has 25 heavy (non-hydrogen) atoms. The summed E-state index contributed by atoms with van der Waals surface area (Å²) in [5.41, 5.74) is 0.189. The van der Waals surface area contributed by atoms with Crippen molar-refractivity contribution in [1.82, 2.24) is 0 Å². The van der Waals surface area contributed by atoms with Crippen molar-refractivity contribution in [3.8, 4) is 0 Å². The van der Waals surface area contributed by atoms with Crippen molar-refractivity contribution >= 4 is 10.8 Å². The van der Waals surface area contributed by atoms with Crippen molar-refractivity contribution in [2.24, 2.45) is 17.8 Å². The largest absolute Gasteiger partial charge is 0.279 e. The molecule has 0 aliphatic heterocycles. The van der Waals surface area contributed by atoms with Gasteiger partial charge in [-0.2, -0.15) is 0 Å². The molecule has 2 aromatic rings. The average molecular weight is 346 g/mol. The van der Waals surface area contributed by atoms with Crippen molar-refractivity contribution in [2.75, 3.05) is 0 Å². The lowest BCUT2D eigenvalue weighted by Crippen LogP contribution is -2.31. The average Bonchev–Trinajstić information content (AvgIpc) is 2.87. The molecule has 3 heteroatoms. The van der Waals surface area contributed by atoms with Crippen LogP contribution in [0.1, 0.15) is 56.6 Å². The van der Waals surface area contributed by atoms with E-state index in [1.54, 1.807) is 24.3 Å². The molecule has 1 atom stereocenters. The van der Waals surface area contributed by atoms with Gasteiger partial charge in [0.15, 0.2) is 0 Å². The Morgan fingerprint density at radius 3 is 2.52 bits per heavy atom. The number of fused-ring (bicyclic) bond motifs is 2. The molecule has 0 amide bonds. The molecule has 2 aromatic carbocycles. The molecule has 0 heterocycles. The van der Waals surface area contributed by atoms with Gasteiger partial charge in [-0.25, -0.2) is 13.2 Å². The molecule has 134 valence electrons. The first-order valence-electron chi connectivity index (χ1n) is 9.60. The van der Waals surface area contributed by atoms with Gasteiger partial charge in [-0.3, -0.25) is 0 Å². The molecular weight excluding hydrogens is 321 g/mol. The molecule has 2 aliphatic rings. The zero-order valence-electron chi connectivity index (χ0n) is 14.7. The van der Waals surface area contributed by atoms with Crippen LogP contribution in [-0.2, 0) is 12.3 Å². The summed E-state index contributed by atoms with van der Waals surface area (Å²) in [6, 6.07) is 8.72. The van der Waals surface area contributed by atoms with E-state index in [0.29, 0.717) is 23.3 Å². The SMILES string of the molecule is CCCC1CCC(C2Cc3cc4ccccc4c(F)c3C2(F)F)CC1. The van der Waals surface area contributed by atoms with Gasteiger partial charge < -0.3 is 0 Å². The molecule has 2 aliphatic carbocycles. The summed E-state index contributed by atoms with van der Waals surface area (Å²) >= 11 is 0. The van der Waals surface area contributed by atoms with Gasteiger partial charge in [-0.05, 0) is 42.0 Å². The van der Waals surface area contributed by atoms with E-state index in [-0.39, 0.29) is 11.5 Å². The van der Waals surface area contributed by atoms with E-state index in [9.17, 15) is 4.39 Å². The predicted octanol–water partition coefficient (Wildman–Crippen LogP) is 6.85. The lowest BCUT2D eigenvalue weighted by molar-refractivity contribution is -0.0838. The zero-order valence-corrected chi connectivity index (χ0v) is 14.7. The molecule has 1 unspecified atom stereocenters. The molecule has 0 aromatic heterocycles. The highest BCUT2D eigenvalue weighted by atomic mass is 19.3. The Kier molecular flexibility index (Phi) is 4.29. The van der Waals surface area contributed by atoms with Crippen molar-refractivity contribution in [2.45, 2.75) is 57.8 Å². The van der Waals surface area contributed by atoms with E-state index in [2.05, 4.69) is 6.92 Å². The summed E-state index contributed by atoms with van der Waals surface area (Å²) in [5.74, 6) is -3.79. The number of rotatable bonds is 3. The second-order valence-electron chi connectivity index (χ2n) is 7.95. The molecule has 0 spiro atoms. The summed E-state index contributed by atoms with van der Waals surface area (Å²) in [7, 11) is 0. The molecule has 0 N–H and O–H groups in total. The normalized spacial score (nSPS) is 28.2. The Morgan fingerprint density at radius 2 is 1.80 bits per heavy atom. The van der Waals surface area contributed by atoms with Crippen LogP contribution >= 0.6 is 0 Å². The third-order valence-electron chi connectivity index (χ3n) is 6.46. The maximum atomic E-state index is 15.2. The Hall–Kier alpha value is -1.51. The maximum Gasteiger partial charge on any atom is 0.279 e. The molecular formula is C22H25F3. The van der Waals surface area contributed by atoms with Gasteiger partial charge in [-0.1, -0.05) is 62.9 Å². The fourth-order valence-electron chi connectivity index (χ4n) is 5.18. The van der Waals surface area contributed by atoms with Gasteiger partial charge in [0.05, 0.1) is 5.56 Å². The first kappa shape index (κ1) is 16.9. The topological polar surface area (TPSA) is 0 Å². The minimum absolute atomic E-state index is 0.0121. The van der Waals surface area contributed by atoms with Crippen LogP contribution in [0.5, 0.6) is 0 Å². The van der Waals surface area contributed by atoms with Crippen molar-refractivity contribution in [1.29, 1.82) is 0 Å². The lowest BCUT2D eigenvalue weighted by atomic mass is 9.73. The number of halogens is 3. The van der Waals surface area contributed by atoms with Crippen LogP contribution in [0.2, 0.25) is 0 Å². The highest BCUT2D eigenvalue weighted by Gasteiger charge is 2.53. The standard InChI is InChI=1S/C22H25F3/c1-2-5-14-8-10-15(11-9-14)19-13-17-12-16-6-3-4-7-18(16)21(23)20(17)22(19,24)25/h3-4,6-7,12,14-15,19H,2,5,8-11,13H2,1H3. The van der Waals surface area contributed by atoms with Gasteiger partial charge in [-0.15, -0.1) is 0 Å². The summed E-state index contributed by atoms with van der Waals surface area (Å²) < 4.78 is 45.2. The fraction of sp³-hybridized carbons (Fsp3) is 0.545. The predicted molar refractivity (Wildman–Crippen MR) is 95.4 cm³/mol. The second kappa shape index (κ2) is 6.34. The fourth-order valence-corrected chi connectivity index (χ4v) is 5.18. The van der Waals surface area contributed by atoms with E-state index in [4.69, 9.17) is 0 Å². The van der Waals surface area contributed by atoms with E-state index in [1.165, 1.54) is 6.42 Å². The van der Waals surface area contributed by atoms with Gasteiger partial charge in [0.2, 0.25) is 0 Å². The first-order valence-corrected chi connectivity index (χ1v) is 9.60. The molecule has 1 fully saturated rings. The minimum Gasteiger partial charge on any atom is -0.206 e. The van der Waals surface area contributed by atoms with Gasteiger partial charge in [0.1, 0.15) is 5.82 Å². The molecule has 4 rings (SSSR count). The number of hydrogen-bond acceptors (Lipinski definition) is 0. The maximum absolute atomic E-state index is 15.2. The Morgan fingerprint density at radius 1 is 1.08 bits per heavy atom. The van der Waals surface area contributed by atoms with Crippen LogP contribution in [0.25, 0.3) is 10.8 Å². The third kappa shape index (κ3) is 2.76. The van der Waals surface area contributed by atoms with Crippen molar-refractivity contribution in [3.63, 3.8) is 0 Å². The molecule has 1 saturated carbocycles. The number of benzene rings is 2. The van der Waals surface area contributed by atoms with E-state index in [1.807, 2.05) is 6.07 Å². The van der Waals surface area contributed by atoms with E-state index < -0.39 is 17.7 Å². The second-order valence-corrected chi connectivity index (χ2v) is 7.95. The Labute approximate surface area is 147 Å². The Bertz CT molecular complexity index is 772. The van der Waals surface area contributed by atoms with Crippen molar-refractivity contribution < 1.29 is 13.2 Å². The summed E-state index contributed by atoms with van der Waals surface area (Å²) in [6.07, 6.45) is 6.50. The quantitative estimate of drug-likeness (QED) is 0.570. The highest BCUT2D eigenvalue weighted by Crippen LogP contribution is 2.54. The van der Waals surface area contributed by atoms with E-state index in [0.717, 1.165) is 37.5 Å². The van der Waals surface area contributed by atoms with Crippen LogP contribution in [-0.4, -0.2) is 0 Å². The summed E-state index contributed by atoms with van der Waals surface area (Å²) in [6.45, 7) is 2.18. The molecule has 0 saturated heterocycles. The summed E-state index contributed by atoms with van der Waals surface area (Å²) in [5, 5.41) is 1.04. The van der Waals surface area contributed by atoms with Crippen molar-refractivity contribution in [3.05, 3.63) is 47.3 Å². The van der Waals surface area contributed by atoms with Crippen LogP contribution in [0.3, 0.4) is 0 Å². The van der Waals surface area contributed by atoms with Gasteiger partial charge in [0, 0.05) is 11.3 Å². The Balaban J connectivity index is 1.65. The highest BCUT2D eigenvalue weighted by molar-refractivity contribution is 5.85. The van der Waals surface area contributed by atoms with Crippen LogP contribution in [0, 0.1) is 23.6 Å². The van der Waals surface area contributed by atoms with E-state index >= 15 is 8.78 Å². The molecule has 0 bridgehead atoms. The number of hydrogen-bond donors (Lipinski definition) is 0. The van der Waals surface area contributed by atoms with Gasteiger partial charge in [0.25, 0.3) is 5.92 Å². The molecule has 0 radical (unpaired) electrons. The minimum atomic E-state index is -3.05. The number of alkyl halides is 2. The third-order valence-corrected chi connectivity index (χ3v) is 6.46.